The number of amides is 2. The Labute approximate surface area is 211 Å². The molecular weight excluding hydrogens is 452 g/mol. The number of carbonyl (C=O) groups excluding carboxylic acids is 2. The van der Waals surface area contributed by atoms with Gasteiger partial charge in [0.25, 0.3) is 0 Å². The third-order valence-corrected chi connectivity index (χ3v) is 6.68. The first-order chi connectivity index (χ1) is 17.2. The molecule has 1 atom stereocenters. The Morgan fingerprint density at radius 3 is 2.47 bits per heavy atom. The van der Waals surface area contributed by atoms with E-state index in [0.717, 1.165) is 23.1 Å². The van der Waals surface area contributed by atoms with E-state index in [-0.39, 0.29) is 18.4 Å². The monoisotopic (exact) mass is 484 g/mol. The summed E-state index contributed by atoms with van der Waals surface area (Å²) in [6.45, 7) is 9.85. The standard InChI is InChI=1S/C28H32N6O2/c1-6-28(4,5)30-27(36)26(21-14-16-29-17-15-21)34(23-13-9-10-19(2)20(23)3)25(35)18-33-24-12-8-7-11-22(24)31-32-33/h7-17,26H,6,18H2,1-5H3,(H,30,36). The molecule has 0 saturated heterocycles. The van der Waals surface area contributed by atoms with E-state index in [9.17, 15) is 9.59 Å². The molecule has 0 saturated carbocycles. The van der Waals surface area contributed by atoms with Crippen molar-refractivity contribution in [3.05, 3.63) is 83.7 Å². The van der Waals surface area contributed by atoms with Gasteiger partial charge < -0.3 is 5.32 Å². The Morgan fingerprint density at radius 2 is 1.75 bits per heavy atom. The van der Waals surface area contributed by atoms with Gasteiger partial charge in [-0.1, -0.05) is 36.4 Å². The van der Waals surface area contributed by atoms with E-state index in [1.165, 1.54) is 0 Å². The molecule has 2 heterocycles. The fourth-order valence-electron chi connectivity index (χ4n) is 4.11. The lowest BCUT2D eigenvalue weighted by Crippen LogP contribution is -2.51. The smallest absolute Gasteiger partial charge is 0.249 e. The number of hydrogen-bond donors (Lipinski definition) is 1. The lowest BCUT2D eigenvalue weighted by atomic mass is 9.97. The van der Waals surface area contributed by atoms with Crippen LogP contribution < -0.4 is 10.2 Å². The summed E-state index contributed by atoms with van der Waals surface area (Å²) in [6, 6.07) is 15.9. The van der Waals surface area contributed by atoms with E-state index in [4.69, 9.17) is 0 Å². The van der Waals surface area contributed by atoms with Crippen LogP contribution in [0.4, 0.5) is 5.69 Å². The second-order valence-electron chi connectivity index (χ2n) is 9.63. The second kappa shape index (κ2) is 10.3. The maximum atomic E-state index is 14.1. The van der Waals surface area contributed by atoms with Gasteiger partial charge in [0.1, 0.15) is 18.1 Å². The molecule has 36 heavy (non-hydrogen) atoms. The van der Waals surface area contributed by atoms with E-state index < -0.39 is 11.6 Å². The molecule has 2 aromatic carbocycles. The number of carbonyl (C=O) groups is 2. The Kier molecular flexibility index (Phi) is 7.15. The van der Waals surface area contributed by atoms with Gasteiger partial charge in [-0.25, -0.2) is 4.68 Å². The third kappa shape index (κ3) is 5.12. The highest BCUT2D eigenvalue weighted by Crippen LogP contribution is 2.32. The summed E-state index contributed by atoms with van der Waals surface area (Å²) in [7, 11) is 0. The number of aryl methyl sites for hydroxylation is 1. The Balaban J connectivity index is 1.85. The van der Waals surface area contributed by atoms with Gasteiger partial charge in [-0.15, -0.1) is 5.10 Å². The Hall–Kier alpha value is -4.07. The minimum absolute atomic E-state index is 0.0695. The minimum Gasteiger partial charge on any atom is -0.349 e. The molecule has 2 aromatic heterocycles. The van der Waals surface area contributed by atoms with Gasteiger partial charge in [-0.3, -0.25) is 19.5 Å². The molecule has 4 rings (SSSR count). The maximum absolute atomic E-state index is 14.1. The third-order valence-electron chi connectivity index (χ3n) is 6.68. The summed E-state index contributed by atoms with van der Waals surface area (Å²) in [5, 5.41) is 11.5. The van der Waals surface area contributed by atoms with Crippen LogP contribution in [0, 0.1) is 13.8 Å². The van der Waals surface area contributed by atoms with E-state index in [1.807, 2.05) is 77.1 Å². The molecule has 0 bridgehead atoms. The summed E-state index contributed by atoms with van der Waals surface area (Å²) < 4.78 is 1.58. The largest absolute Gasteiger partial charge is 0.349 e. The van der Waals surface area contributed by atoms with Gasteiger partial charge in [0.05, 0.1) is 5.52 Å². The zero-order valence-electron chi connectivity index (χ0n) is 21.4. The highest BCUT2D eigenvalue weighted by Gasteiger charge is 2.36. The highest BCUT2D eigenvalue weighted by atomic mass is 16.2. The zero-order valence-corrected chi connectivity index (χ0v) is 21.4. The van der Waals surface area contributed by atoms with Crippen LogP contribution in [-0.2, 0) is 16.1 Å². The van der Waals surface area contributed by atoms with Crippen LogP contribution in [0.15, 0.2) is 67.0 Å². The normalized spacial score (nSPS) is 12.4. The van der Waals surface area contributed by atoms with Crippen LogP contribution in [0.25, 0.3) is 11.0 Å². The van der Waals surface area contributed by atoms with Crippen molar-refractivity contribution in [1.82, 2.24) is 25.3 Å². The van der Waals surface area contributed by atoms with E-state index in [1.54, 1.807) is 34.1 Å². The van der Waals surface area contributed by atoms with Crippen LogP contribution >= 0.6 is 0 Å². The molecule has 1 N–H and O–H groups in total. The molecule has 186 valence electrons. The van der Waals surface area contributed by atoms with Crippen molar-refractivity contribution in [1.29, 1.82) is 0 Å². The summed E-state index contributed by atoms with van der Waals surface area (Å²) in [5.41, 5.74) is 4.32. The predicted molar refractivity (Wildman–Crippen MR) is 140 cm³/mol. The Morgan fingerprint density at radius 1 is 1.03 bits per heavy atom. The van der Waals surface area contributed by atoms with Crippen molar-refractivity contribution in [3.63, 3.8) is 0 Å². The number of hydrogen-bond acceptors (Lipinski definition) is 5. The van der Waals surface area contributed by atoms with Crippen LogP contribution in [-0.4, -0.2) is 37.3 Å². The number of fused-ring (bicyclic) bond motifs is 1. The lowest BCUT2D eigenvalue weighted by Gasteiger charge is -2.35. The molecule has 0 radical (unpaired) electrons. The molecule has 0 aliphatic heterocycles. The van der Waals surface area contributed by atoms with Crippen molar-refractivity contribution in [2.75, 3.05) is 4.90 Å². The Bertz CT molecular complexity index is 1380. The molecule has 8 heteroatoms. The molecular formula is C28H32N6O2. The summed E-state index contributed by atoms with van der Waals surface area (Å²) in [5.74, 6) is -0.531. The molecule has 0 aliphatic rings. The maximum Gasteiger partial charge on any atom is 0.249 e. The number of aromatic nitrogens is 4. The van der Waals surface area contributed by atoms with Crippen LogP contribution in [0.5, 0.6) is 0 Å². The number of benzene rings is 2. The first-order valence-electron chi connectivity index (χ1n) is 12.1. The number of anilines is 1. The van der Waals surface area contributed by atoms with Crippen molar-refractivity contribution in [2.45, 2.75) is 59.2 Å². The number of pyridine rings is 1. The number of nitrogens with one attached hydrogen (secondary N) is 1. The average molecular weight is 485 g/mol. The minimum atomic E-state index is -0.901. The fourth-order valence-corrected chi connectivity index (χ4v) is 4.11. The van der Waals surface area contributed by atoms with E-state index >= 15 is 0 Å². The molecule has 0 spiro atoms. The van der Waals surface area contributed by atoms with Gasteiger partial charge in [0, 0.05) is 23.6 Å². The lowest BCUT2D eigenvalue weighted by molar-refractivity contribution is -0.128. The van der Waals surface area contributed by atoms with Crippen molar-refractivity contribution in [2.24, 2.45) is 0 Å². The van der Waals surface area contributed by atoms with E-state index in [2.05, 4.69) is 20.6 Å². The second-order valence-corrected chi connectivity index (χ2v) is 9.63. The first-order valence-corrected chi connectivity index (χ1v) is 12.1. The SMILES string of the molecule is CCC(C)(C)NC(=O)C(c1ccncc1)N(C(=O)Cn1nnc2ccccc21)c1cccc(C)c1C. The summed E-state index contributed by atoms with van der Waals surface area (Å²) >= 11 is 0. The fraction of sp³-hybridized carbons (Fsp3) is 0.321. The van der Waals surface area contributed by atoms with Gasteiger partial charge >= 0.3 is 0 Å². The highest BCUT2D eigenvalue weighted by molar-refractivity contribution is 6.02. The van der Waals surface area contributed by atoms with Gasteiger partial charge in [-0.05, 0) is 81.1 Å². The molecule has 4 aromatic rings. The average Bonchev–Trinajstić information content (AvgIpc) is 3.27. The summed E-state index contributed by atoms with van der Waals surface area (Å²) in [6.07, 6.45) is 4.01. The molecule has 0 fully saturated rings. The van der Waals surface area contributed by atoms with Gasteiger partial charge in [0.2, 0.25) is 11.8 Å². The van der Waals surface area contributed by atoms with Crippen molar-refractivity contribution in [3.8, 4) is 0 Å². The number of nitrogens with zero attached hydrogens (tertiary/aromatic N) is 5. The van der Waals surface area contributed by atoms with Crippen LogP contribution in [0.1, 0.15) is 49.9 Å². The van der Waals surface area contributed by atoms with Crippen molar-refractivity contribution < 1.29 is 9.59 Å². The molecule has 2 amide bonds. The zero-order chi connectivity index (χ0) is 25.9. The number of rotatable bonds is 8. The van der Waals surface area contributed by atoms with Crippen LogP contribution in [0.2, 0.25) is 0 Å². The van der Waals surface area contributed by atoms with Gasteiger partial charge in [-0.2, -0.15) is 0 Å². The predicted octanol–water partition coefficient (Wildman–Crippen LogP) is 4.52. The molecule has 8 nitrogen and oxygen atoms in total. The summed E-state index contributed by atoms with van der Waals surface area (Å²) in [4.78, 5) is 33.7. The van der Waals surface area contributed by atoms with E-state index in [0.29, 0.717) is 16.8 Å². The molecule has 1 unspecified atom stereocenters. The van der Waals surface area contributed by atoms with Crippen LogP contribution in [0.3, 0.4) is 0 Å². The van der Waals surface area contributed by atoms with Crippen molar-refractivity contribution >= 4 is 28.5 Å². The first kappa shape index (κ1) is 25.0. The quantitative estimate of drug-likeness (QED) is 0.397. The van der Waals surface area contributed by atoms with Gasteiger partial charge in [0.15, 0.2) is 0 Å². The molecule has 0 aliphatic carbocycles. The topological polar surface area (TPSA) is 93.0 Å². The number of para-hydroxylation sites is 1.